The van der Waals surface area contributed by atoms with Crippen LogP contribution in [0.5, 0.6) is 0 Å². The van der Waals surface area contributed by atoms with Gasteiger partial charge in [-0.1, -0.05) is 44.9 Å². The van der Waals surface area contributed by atoms with Crippen molar-refractivity contribution in [2.75, 3.05) is 13.3 Å². The van der Waals surface area contributed by atoms with Gasteiger partial charge in [0.2, 0.25) is 5.90 Å². The Morgan fingerprint density at radius 1 is 1.25 bits per heavy atom. The second kappa shape index (κ2) is 10.7. The number of carbonyl (C=O) groups excluding carboxylic acids is 2. The van der Waals surface area contributed by atoms with Gasteiger partial charge in [0.15, 0.2) is 6.67 Å². The number of hydrogen-bond acceptors (Lipinski definition) is 6. The molecular weight excluding hydrogens is 360 g/mol. The molecular formula is C21H36N2O5. The molecule has 0 radical (unpaired) electrons. The maximum absolute atomic E-state index is 12.4. The highest BCUT2D eigenvalue weighted by molar-refractivity contribution is 5.86. The van der Waals surface area contributed by atoms with Crippen molar-refractivity contribution >= 4 is 18.0 Å². The molecule has 2 aliphatic rings. The number of ether oxygens (including phenoxy) is 2. The van der Waals surface area contributed by atoms with Gasteiger partial charge < -0.3 is 14.3 Å². The molecule has 28 heavy (non-hydrogen) atoms. The second-order valence-corrected chi connectivity index (χ2v) is 8.73. The molecule has 0 aromatic carbocycles. The Labute approximate surface area is 168 Å². The van der Waals surface area contributed by atoms with Gasteiger partial charge in [-0.2, -0.15) is 0 Å². The van der Waals surface area contributed by atoms with E-state index in [9.17, 15) is 9.59 Å². The summed E-state index contributed by atoms with van der Waals surface area (Å²) in [6.45, 7) is 7.68. The second-order valence-electron chi connectivity index (χ2n) is 8.73. The van der Waals surface area contributed by atoms with Crippen LogP contribution in [0.4, 0.5) is 4.79 Å². The van der Waals surface area contributed by atoms with Crippen LogP contribution in [0.2, 0.25) is 0 Å². The van der Waals surface area contributed by atoms with Gasteiger partial charge in [-0.15, -0.1) is 5.06 Å². The number of hydroxylamine groups is 2. The van der Waals surface area contributed by atoms with Gasteiger partial charge in [0.25, 0.3) is 0 Å². The molecule has 0 bridgehead atoms. The summed E-state index contributed by atoms with van der Waals surface area (Å²) in [5.74, 6) is 0.773. The first-order chi connectivity index (χ1) is 13.3. The molecule has 1 heterocycles. The minimum Gasteiger partial charge on any atom is -0.460 e. The zero-order valence-electron chi connectivity index (χ0n) is 17.9. The lowest BCUT2D eigenvalue weighted by atomic mass is 9.84. The molecule has 1 saturated carbocycles. The van der Waals surface area contributed by atoms with E-state index in [-0.39, 0.29) is 31.6 Å². The summed E-state index contributed by atoms with van der Waals surface area (Å²) in [5.41, 5.74) is -0.529. The number of carbonyl (C=O) groups is 2. The van der Waals surface area contributed by atoms with Gasteiger partial charge in [0.1, 0.15) is 5.60 Å². The number of amides is 1. The first kappa shape index (κ1) is 22.5. The molecule has 2 rings (SSSR count). The van der Waals surface area contributed by atoms with E-state index < -0.39 is 11.7 Å². The van der Waals surface area contributed by atoms with Gasteiger partial charge in [0, 0.05) is 5.92 Å². The van der Waals surface area contributed by atoms with Crippen LogP contribution in [0.3, 0.4) is 0 Å². The zero-order chi connectivity index (χ0) is 20.6. The third-order valence-corrected chi connectivity index (χ3v) is 5.10. The largest absolute Gasteiger partial charge is 0.460 e. The summed E-state index contributed by atoms with van der Waals surface area (Å²) in [6, 6.07) is 0. The van der Waals surface area contributed by atoms with Crippen molar-refractivity contribution in [1.29, 1.82) is 0 Å². The van der Waals surface area contributed by atoms with Crippen LogP contribution in [0.1, 0.15) is 85.5 Å². The van der Waals surface area contributed by atoms with Gasteiger partial charge in [-0.3, -0.25) is 4.79 Å². The van der Waals surface area contributed by atoms with Crippen molar-refractivity contribution in [1.82, 2.24) is 5.06 Å². The van der Waals surface area contributed by atoms with Crippen LogP contribution in [0.15, 0.2) is 4.99 Å². The molecule has 1 aliphatic carbocycles. The molecule has 0 aromatic heterocycles. The lowest BCUT2D eigenvalue weighted by Crippen LogP contribution is -2.32. The Morgan fingerprint density at radius 2 is 1.96 bits per heavy atom. The number of nitrogens with zero attached hydrogens (tertiary/aromatic N) is 2. The normalized spacial score (nSPS) is 19.0. The summed E-state index contributed by atoms with van der Waals surface area (Å²) < 4.78 is 10.4. The highest BCUT2D eigenvalue weighted by atomic mass is 16.7. The molecule has 1 amide bonds. The minimum atomic E-state index is -0.556. The van der Waals surface area contributed by atoms with E-state index in [2.05, 4.69) is 4.99 Å². The van der Waals surface area contributed by atoms with Crippen molar-refractivity contribution in [3.63, 3.8) is 0 Å². The van der Waals surface area contributed by atoms with Crippen molar-refractivity contribution in [3.05, 3.63) is 0 Å². The molecule has 0 saturated heterocycles. The van der Waals surface area contributed by atoms with E-state index in [0.29, 0.717) is 5.90 Å². The molecule has 1 aliphatic heterocycles. The number of esters is 1. The first-order valence-electron chi connectivity index (χ1n) is 10.7. The smallest absolute Gasteiger partial charge is 0.445 e. The maximum atomic E-state index is 12.4. The highest BCUT2D eigenvalue weighted by Gasteiger charge is 2.32. The van der Waals surface area contributed by atoms with E-state index in [1.807, 2.05) is 20.8 Å². The summed E-state index contributed by atoms with van der Waals surface area (Å²) >= 11 is 0. The molecule has 7 nitrogen and oxygen atoms in total. The monoisotopic (exact) mass is 396 g/mol. The topological polar surface area (TPSA) is 77.4 Å². The van der Waals surface area contributed by atoms with Crippen molar-refractivity contribution in [2.24, 2.45) is 16.8 Å². The summed E-state index contributed by atoms with van der Waals surface area (Å²) in [6.07, 6.45) is 9.26. The van der Waals surface area contributed by atoms with Gasteiger partial charge in [-0.05, 0) is 40.0 Å². The SMILES string of the molecule is CCOC(=O)N1CN=C([C@H](CCCC2CCCCC2)CC(=O)OC(C)(C)C)O1. The lowest BCUT2D eigenvalue weighted by molar-refractivity contribution is -0.155. The zero-order valence-corrected chi connectivity index (χ0v) is 17.9. The quantitative estimate of drug-likeness (QED) is 0.548. The molecule has 0 unspecified atom stereocenters. The molecule has 0 N–H and O–H groups in total. The Kier molecular flexibility index (Phi) is 8.58. The van der Waals surface area contributed by atoms with E-state index in [4.69, 9.17) is 14.3 Å². The standard InChI is InChI=1S/C21H36N2O5/c1-5-26-20(25)23-15-22-19(28-23)17(14-18(24)27-21(2,3)4)13-9-12-16-10-7-6-8-11-16/h16-17H,5-15H2,1-4H3/t17-/m1/s1. The first-order valence-corrected chi connectivity index (χ1v) is 10.7. The molecule has 0 spiro atoms. The Balaban J connectivity index is 1.91. The van der Waals surface area contributed by atoms with Gasteiger partial charge >= 0.3 is 12.1 Å². The average molecular weight is 397 g/mol. The Bertz CT molecular complexity index is 549. The predicted molar refractivity (Wildman–Crippen MR) is 107 cm³/mol. The number of rotatable bonds is 8. The average Bonchev–Trinajstić information content (AvgIpc) is 3.10. The molecule has 7 heteroatoms. The molecule has 160 valence electrons. The lowest BCUT2D eigenvalue weighted by Gasteiger charge is -2.24. The third-order valence-electron chi connectivity index (χ3n) is 5.10. The summed E-state index contributed by atoms with van der Waals surface area (Å²) in [7, 11) is 0. The van der Waals surface area contributed by atoms with Crippen LogP contribution in [0, 0.1) is 11.8 Å². The fourth-order valence-corrected chi connectivity index (χ4v) is 3.82. The molecule has 1 atom stereocenters. The molecule has 1 fully saturated rings. The van der Waals surface area contributed by atoms with Crippen molar-refractivity contribution in [2.45, 2.75) is 91.1 Å². The minimum absolute atomic E-state index is 0.0988. The van der Waals surface area contributed by atoms with Crippen LogP contribution in [-0.2, 0) is 19.1 Å². The fourth-order valence-electron chi connectivity index (χ4n) is 3.82. The Hall–Kier alpha value is -1.79. The van der Waals surface area contributed by atoms with E-state index in [1.165, 1.54) is 38.5 Å². The highest BCUT2D eigenvalue weighted by Crippen LogP contribution is 2.30. The molecule has 0 aromatic rings. The number of hydrogen-bond donors (Lipinski definition) is 0. The maximum Gasteiger partial charge on any atom is 0.445 e. The van der Waals surface area contributed by atoms with Crippen LogP contribution >= 0.6 is 0 Å². The van der Waals surface area contributed by atoms with E-state index >= 15 is 0 Å². The van der Waals surface area contributed by atoms with Crippen LogP contribution in [0.25, 0.3) is 0 Å². The fraction of sp³-hybridized carbons (Fsp3) is 0.857. The summed E-state index contributed by atoms with van der Waals surface area (Å²) in [4.78, 5) is 34.2. The van der Waals surface area contributed by atoms with Crippen molar-refractivity contribution in [3.8, 4) is 0 Å². The third kappa shape index (κ3) is 7.68. The van der Waals surface area contributed by atoms with Crippen LogP contribution in [-0.4, -0.2) is 41.9 Å². The van der Waals surface area contributed by atoms with E-state index in [0.717, 1.165) is 23.8 Å². The van der Waals surface area contributed by atoms with E-state index in [1.54, 1.807) is 6.92 Å². The van der Waals surface area contributed by atoms with Gasteiger partial charge in [0.05, 0.1) is 13.0 Å². The Morgan fingerprint density at radius 3 is 2.61 bits per heavy atom. The predicted octanol–water partition coefficient (Wildman–Crippen LogP) is 4.84. The van der Waals surface area contributed by atoms with Gasteiger partial charge in [-0.25, -0.2) is 9.79 Å². The summed E-state index contributed by atoms with van der Waals surface area (Å²) in [5, 5.41) is 1.10. The van der Waals surface area contributed by atoms with Crippen LogP contribution < -0.4 is 0 Å². The number of aliphatic imine (C=N–C) groups is 1. The van der Waals surface area contributed by atoms with Crippen molar-refractivity contribution < 1.29 is 23.9 Å².